The Labute approximate surface area is 147 Å². The summed E-state index contributed by atoms with van der Waals surface area (Å²) >= 11 is 0. The van der Waals surface area contributed by atoms with Gasteiger partial charge in [-0.15, -0.1) is 0 Å². The van der Waals surface area contributed by atoms with Crippen LogP contribution in [-0.4, -0.2) is 33.6 Å². The van der Waals surface area contributed by atoms with Gasteiger partial charge < -0.3 is 14.4 Å². The number of hydrogen-bond donors (Lipinski definition) is 0. The summed E-state index contributed by atoms with van der Waals surface area (Å²) in [4.78, 5) is 24.5. The van der Waals surface area contributed by atoms with E-state index in [0.717, 1.165) is 16.7 Å². The molecule has 5 nitrogen and oxygen atoms in total. The fourth-order valence-corrected chi connectivity index (χ4v) is 2.64. The number of carbonyl (C=O) groups excluding carboxylic acids is 2. The summed E-state index contributed by atoms with van der Waals surface area (Å²) in [6.07, 6.45) is 0.697. The third-order valence-corrected chi connectivity index (χ3v) is 3.94. The van der Waals surface area contributed by atoms with Gasteiger partial charge in [-0.25, -0.2) is 4.79 Å². The van der Waals surface area contributed by atoms with Crippen molar-refractivity contribution >= 4 is 29.4 Å². The molecule has 0 fully saturated rings. The van der Waals surface area contributed by atoms with Gasteiger partial charge in [0.2, 0.25) is 6.41 Å². The first-order valence-corrected chi connectivity index (χ1v) is 7.74. The van der Waals surface area contributed by atoms with Crippen LogP contribution in [-0.2, 0) is 14.3 Å². The van der Waals surface area contributed by atoms with Gasteiger partial charge in [0.25, 0.3) is 0 Å². The fourth-order valence-electron chi connectivity index (χ4n) is 2.64. The number of amides is 1. The monoisotopic (exact) mass is 339 g/mol. The van der Waals surface area contributed by atoms with Crippen LogP contribution in [0, 0.1) is 0 Å². The summed E-state index contributed by atoms with van der Waals surface area (Å²) in [5, 5.41) is 0. The van der Waals surface area contributed by atoms with Gasteiger partial charge in [-0.3, -0.25) is 4.79 Å². The van der Waals surface area contributed by atoms with Crippen LogP contribution < -0.4 is 4.90 Å². The lowest BCUT2D eigenvalue weighted by molar-refractivity contribution is -0.107. The highest BCUT2D eigenvalue weighted by Crippen LogP contribution is 2.33. The lowest BCUT2D eigenvalue weighted by atomic mass is 9.98. The molecule has 0 heterocycles. The number of rotatable bonds is 6. The van der Waals surface area contributed by atoms with Crippen molar-refractivity contribution in [3.63, 3.8) is 0 Å². The third kappa shape index (κ3) is 3.88. The van der Waals surface area contributed by atoms with Gasteiger partial charge in [-0.05, 0) is 19.1 Å². The minimum Gasteiger partial charge on any atom is -0.496 e. The zero-order valence-electron chi connectivity index (χ0n) is 14.8. The van der Waals surface area contributed by atoms with Crippen molar-refractivity contribution < 1.29 is 19.1 Å². The zero-order valence-corrected chi connectivity index (χ0v) is 14.8. The summed E-state index contributed by atoms with van der Waals surface area (Å²) in [5.41, 5.74) is 3.55. The summed E-state index contributed by atoms with van der Waals surface area (Å²) in [7, 11) is 4.57. The molecule has 0 aliphatic rings. The minimum atomic E-state index is -0.455. The van der Waals surface area contributed by atoms with E-state index < -0.39 is 5.97 Å². The second-order valence-corrected chi connectivity index (χ2v) is 5.46. The third-order valence-electron chi connectivity index (χ3n) is 3.94. The molecule has 0 bridgehead atoms. The predicted octanol–water partition coefficient (Wildman–Crippen LogP) is 3.60. The number of allylic oxidation sites excluding steroid dienone is 1. The van der Waals surface area contributed by atoms with Gasteiger partial charge in [0.1, 0.15) is 5.76 Å². The molecular weight excluding hydrogens is 318 g/mol. The molecule has 0 saturated carbocycles. The van der Waals surface area contributed by atoms with Gasteiger partial charge in [-0.1, -0.05) is 36.4 Å². The number of esters is 1. The molecule has 0 spiro atoms. The molecule has 2 aromatic rings. The average molecular weight is 339 g/mol. The minimum absolute atomic E-state index is 0.376. The van der Waals surface area contributed by atoms with Gasteiger partial charge in [0.15, 0.2) is 0 Å². The molecule has 25 heavy (non-hydrogen) atoms. The number of carbonyl (C=O) groups is 2. The Morgan fingerprint density at radius 1 is 1.00 bits per heavy atom. The van der Waals surface area contributed by atoms with Crippen molar-refractivity contribution in [2.24, 2.45) is 0 Å². The maximum Gasteiger partial charge on any atom is 0.337 e. The van der Waals surface area contributed by atoms with E-state index in [2.05, 4.69) is 0 Å². The Kier molecular flexibility index (Phi) is 5.95. The molecule has 0 radical (unpaired) electrons. The van der Waals surface area contributed by atoms with Crippen LogP contribution in [0.2, 0.25) is 0 Å². The number of anilines is 1. The Hall–Kier alpha value is -3.08. The molecule has 0 aromatic heterocycles. The topological polar surface area (TPSA) is 55.8 Å². The number of nitrogens with zero attached hydrogens (tertiary/aromatic N) is 1. The number of methoxy groups -OCH3 is 2. The Balaban J connectivity index is 2.65. The van der Waals surface area contributed by atoms with Crippen LogP contribution in [0.5, 0.6) is 0 Å². The van der Waals surface area contributed by atoms with Crippen molar-refractivity contribution in [2.75, 3.05) is 26.2 Å². The van der Waals surface area contributed by atoms with Gasteiger partial charge in [0, 0.05) is 23.7 Å². The second kappa shape index (κ2) is 8.15. The number of benzene rings is 2. The van der Waals surface area contributed by atoms with Gasteiger partial charge in [-0.2, -0.15) is 0 Å². The fraction of sp³-hybridized carbons (Fsp3) is 0.200. The van der Waals surface area contributed by atoms with E-state index in [1.54, 1.807) is 32.4 Å². The van der Waals surface area contributed by atoms with Crippen LogP contribution in [0.1, 0.15) is 28.4 Å². The predicted molar refractivity (Wildman–Crippen MR) is 98.2 cm³/mol. The first kappa shape index (κ1) is 18.3. The molecule has 1 amide bonds. The van der Waals surface area contributed by atoms with Crippen LogP contribution >= 0.6 is 0 Å². The van der Waals surface area contributed by atoms with E-state index in [4.69, 9.17) is 9.47 Å². The average Bonchev–Trinajstić information content (AvgIpc) is 2.67. The highest BCUT2D eigenvalue weighted by molar-refractivity contribution is 5.97. The number of hydrogen-bond acceptors (Lipinski definition) is 4. The van der Waals surface area contributed by atoms with Crippen molar-refractivity contribution in [3.8, 4) is 0 Å². The summed E-state index contributed by atoms with van der Waals surface area (Å²) in [6, 6.07) is 14.8. The lowest BCUT2D eigenvalue weighted by Crippen LogP contribution is -2.16. The van der Waals surface area contributed by atoms with E-state index in [0.29, 0.717) is 23.4 Å². The Morgan fingerprint density at radius 3 is 2.24 bits per heavy atom. The maximum absolute atomic E-state index is 11.8. The summed E-state index contributed by atoms with van der Waals surface area (Å²) in [5.74, 6) is 0.246. The molecule has 0 unspecified atom stereocenters. The standard InChI is InChI=1S/C20H21NO4/c1-14(19(24-3)15-8-6-5-7-9-15)17-11-10-16(20(23)25-4)12-18(17)21(2)13-22/h5-13H,1-4H3/b19-14-. The maximum atomic E-state index is 11.8. The largest absolute Gasteiger partial charge is 0.496 e. The normalized spacial score (nSPS) is 11.4. The molecule has 2 rings (SSSR count). The van der Waals surface area contributed by atoms with Crippen LogP contribution in [0.15, 0.2) is 48.5 Å². The summed E-state index contributed by atoms with van der Waals surface area (Å²) < 4.78 is 10.4. The van der Waals surface area contributed by atoms with Crippen LogP contribution in [0.25, 0.3) is 11.3 Å². The van der Waals surface area contributed by atoms with Crippen molar-refractivity contribution in [3.05, 3.63) is 65.2 Å². The zero-order chi connectivity index (χ0) is 18.4. The molecule has 0 aliphatic heterocycles. The van der Waals surface area contributed by atoms with Crippen molar-refractivity contribution in [1.82, 2.24) is 0 Å². The van der Waals surface area contributed by atoms with E-state index in [9.17, 15) is 9.59 Å². The molecule has 0 aliphatic carbocycles. The molecule has 130 valence electrons. The lowest BCUT2D eigenvalue weighted by Gasteiger charge is -2.19. The second-order valence-electron chi connectivity index (χ2n) is 5.46. The highest BCUT2D eigenvalue weighted by atomic mass is 16.5. The smallest absolute Gasteiger partial charge is 0.337 e. The van der Waals surface area contributed by atoms with Crippen LogP contribution in [0.4, 0.5) is 5.69 Å². The van der Waals surface area contributed by atoms with E-state index in [-0.39, 0.29) is 0 Å². The van der Waals surface area contributed by atoms with Gasteiger partial charge >= 0.3 is 5.97 Å². The molecule has 5 heteroatoms. The van der Waals surface area contributed by atoms with Crippen LogP contribution in [0.3, 0.4) is 0 Å². The Bertz CT molecular complexity index is 797. The Morgan fingerprint density at radius 2 is 1.68 bits per heavy atom. The van der Waals surface area contributed by atoms with Crippen molar-refractivity contribution in [1.29, 1.82) is 0 Å². The molecule has 2 aromatic carbocycles. The van der Waals surface area contributed by atoms with E-state index >= 15 is 0 Å². The molecule has 0 N–H and O–H groups in total. The first-order valence-electron chi connectivity index (χ1n) is 7.74. The summed E-state index contributed by atoms with van der Waals surface area (Å²) in [6.45, 7) is 1.92. The quantitative estimate of drug-likeness (QED) is 0.349. The molecule has 0 atom stereocenters. The highest BCUT2D eigenvalue weighted by Gasteiger charge is 2.17. The van der Waals surface area contributed by atoms with Gasteiger partial charge in [0.05, 0.1) is 25.5 Å². The van der Waals surface area contributed by atoms with E-state index in [1.807, 2.05) is 37.3 Å². The SMILES string of the molecule is COC(=O)c1ccc(/C(C)=C(\OC)c2ccccc2)c(N(C)C=O)c1. The molecular formula is C20H21NO4. The molecule has 0 saturated heterocycles. The van der Waals surface area contributed by atoms with Crippen molar-refractivity contribution in [2.45, 2.75) is 6.92 Å². The first-order chi connectivity index (χ1) is 12.0. The number of ether oxygens (including phenoxy) is 2. The van der Waals surface area contributed by atoms with E-state index in [1.165, 1.54) is 12.0 Å².